The van der Waals surface area contributed by atoms with Gasteiger partial charge in [0.2, 0.25) is 5.91 Å². The zero-order valence-electron chi connectivity index (χ0n) is 11.8. The van der Waals surface area contributed by atoms with E-state index in [0.29, 0.717) is 19.5 Å². The summed E-state index contributed by atoms with van der Waals surface area (Å²) >= 11 is 0. The van der Waals surface area contributed by atoms with Gasteiger partial charge in [0, 0.05) is 13.1 Å². The highest BCUT2D eigenvalue weighted by molar-refractivity contribution is 5.78. The molecule has 3 nitrogen and oxygen atoms in total. The smallest absolute Gasteiger partial charge is 0.224 e. The van der Waals surface area contributed by atoms with Crippen molar-refractivity contribution >= 4 is 5.91 Å². The fourth-order valence-electron chi connectivity index (χ4n) is 1.81. The number of rotatable bonds is 4. The lowest BCUT2D eigenvalue weighted by Gasteiger charge is -2.20. The molecular formula is C15H24N2O. The Hall–Kier alpha value is -1.35. The lowest BCUT2D eigenvalue weighted by molar-refractivity contribution is -0.120. The van der Waals surface area contributed by atoms with E-state index in [1.165, 1.54) is 11.1 Å². The highest BCUT2D eigenvalue weighted by atomic mass is 16.1. The predicted molar refractivity (Wildman–Crippen MR) is 75.6 cm³/mol. The summed E-state index contributed by atoms with van der Waals surface area (Å²) in [5.74, 6) is 0.0343. The van der Waals surface area contributed by atoms with Crippen LogP contribution in [0.15, 0.2) is 18.2 Å². The Morgan fingerprint density at radius 1 is 1.33 bits per heavy atom. The second kappa shape index (κ2) is 6.01. The first-order valence-electron chi connectivity index (χ1n) is 6.41. The van der Waals surface area contributed by atoms with Gasteiger partial charge in [0.25, 0.3) is 0 Å². The van der Waals surface area contributed by atoms with Crippen LogP contribution in [0.3, 0.4) is 0 Å². The van der Waals surface area contributed by atoms with E-state index in [1.807, 2.05) is 0 Å². The number of hydrogen-bond acceptors (Lipinski definition) is 2. The Kier molecular flexibility index (Phi) is 4.91. The highest BCUT2D eigenvalue weighted by Gasteiger charge is 2.15. The van der Waals surface area contributed by atoms with Gasteiger partial charge in [-0.15, -0.1) is 0 Å². The molecule has 100 valence electrons. The standard InChI is InChI=1S/C15H24N2O/c1-11-9-13(15(2,3)4)6-5-12(11)10-14(18)17-8-7-16/h5-6,9H,7-8,10,16H2,1-4H3,(H,17,18). The second-order valence-corrected chi connectivity index (χ2v) is 5.71. The maximum Gasteiger partial charge on any atom is 0.224 e. The minimum absolute atomic E-state index is 0.0343. The Bertz CT molecular complexity index is 419. The number of nitrogens with one attached hydrogen (secondary N) is 1. The van der Waals surface area contributed by atoms with Crippen molar-refractivity contribution in [3.8, 4) is 0 Å². The number of hydrogen-bond donors (Lipinski definition) is 2. The van der Waals surface area contributed by atoms with Crippen molar-refractivity contribution in [2.24, 2.45) is 5.73 Å². The van der Waals surface area contributed by atoms with Crippen LogP contribution in [0.5, 0.6) is 0 Å². The molecule has 0 saturated carbocycles. The Labute approximate surface area is 110 Å². The third-order valence-electron chi connectivity index (χ3n) is 3.03. The summed E-state index contributed by atoms with van der Waals surface area (Å²) in [5.41, 5.74) is 9.05. The summed E-state index contributed by atoms with van der Waals surface area (Å²) < 4.78 is 0. The lowest BCUT2D eigenvalue weighted by atomic mass is 9.85. The van der Waals surface area contributed by atoms with Crippen molar-refractivity contribution in [3.63, 3.8) is 0 Å². The molecule has 18 heavy (non-hydrogen) atoms. The lowest BCUT2D eigenvalue weighted by Crippen LogP contribution is -2.30. The monoisotopic (exact) mass is 248 g/mol. The van der Waals surface area contributed by atoms with Gasteiger partial charge in [-0.1, -0.05) is 39.0 Å². The van der Waals surface area contributed by atoms with Crippen LogP contribution in [-0.2, 0) is 16.6 Å². The van der Waals surface area contributed by atoms with Crippen LogP contribution < -0.4 is 11.1 Å². The Morgan fingerprint density at radius 3 is 2.50 bits per heavy atom. The molecule has 1 aromatic carbocycles. The van der Waals surface area contributed by atoms with Gasteiger partial charge in [0.05, 0.1) is 6.42 Å². The van der Waals surface area contributed by atoms with Crippen molar-refractivity contribution in [2.75, 3.05) is 13.1 Å². The molecule has 0 unspecified atom stereocenters. The van der Waals surface area contributed by atoms with Crippen LogP contribution in [0.1, 0.15) is 37.5 Å². The van der Waals surface area contributed by atoms with Gasteiger partial charge in [-0.3, -0.25) is 4.79 Å². The van der Waals surface area contributed by atoms with E-state index < -0.39 is 0 Å². The fraction of sp³-hybridized carbons (Fsp3) is 0.533. The normalized spacial score (nSPS) is 11.4. The molecule has 1 amide bonds. The molecule has 0 aliphatic heterocycles. The summed E-state index contributed by atoms with van der Waals surface area (Å²) in [4.78, 5) is 11.6. The molecule has 0 aliphatic carbocycles. The molecule has 0 saturated heterocycles. The van der Waals surface area contributed by atoms with Crippen molar-refractivity contribution in [1.29, 1.82) is 0 Å². The molecule has 0 bridgehead atoms. The molecule has 0 atom stereocenters. The molecule has 0 fully saturated rings. The summed E-state index contributed by atoms with van der Waals surface area (Å²) in [7, 11) is 0. The predicted octanol–water partition coefficient (Wildman–Crippen LogP) is 1.91. The van der Waals surface area contributed by atoms with E-state index in [2.05, 4.69) is 51.2 Å². The van der Waals surface area contributed by atoms with Gasteiger partial charge in [-0.2, -0.15) is 0 Å². The third kappa shape index (κ3) is 4.15. The maximum atomic E-state index is 11.6. The molecule has 0 spiro atoms. The highest BCUT2D eigenvalue weighted by Crippen LogP contribution is 2.24. The largest absolute Gasteiger partial charge is 0.355 e. The van der Waals surface area contributed by atoms with Crippen molar-refractivity contribution in [3.05, 3.63) is 34.9 Å². The SMILES string of the molecule is Cc1cc(C(C)(C)C)ccc1CC(=O)NCCN. The average molecular weight is 248 g/mol. The minimum atomic E-state index is 0.0343. The van der Waals surface area contributed by atoms with Gasteiger partial charge in [-0.25, -0.2) is 0 Å². The summed E-state index contributed by atoms with van der Waals surface area (Å²) in [6.45, 7) is 9.65. The van der Waals surface area contributed by atoms with E-state index in [0.717, 1.165) is 5.56 Å². The quantitative estimate of drug-likeness (QED) is 0.855. The maximum absolute atomic E-state index is 11.6. The number of benzene rings is 1. The van der Waals surface area contributed by atoms with Gasteiger partial charge in [0.1, 0.15) is 0 Å². The molecule has 1 aromatic rings. The topological polar surface area (TPSA) is 55.1 Å². The van der Waals surface area contributed by atoms with Crippen LogP contribution in [0.25, 0.3) is 0 Å². The van der Waals surface area contributed by atoms with Crippen LogP contribution in [-0.4, -0.2) is 19.0 Å². The average Bonchev–Trinajstić information content (AvgIpc) is 2.27. The first-order chi connectivity index (χ1) is 8.34. The summed E-state index contributed by atoms with van der Waals surface area (Å²) in [6, 6.07) is 6.34. The molecule has 3 N–H and O–H groups in total. The number of carbonyl (C=O) groups excluding carboxylic acids is 1. The van der Waals surface area contributed by atoms with Crippen LogP contribution in [0.4, 0.5) is 0 Å². The minimum Gasteiger partial charge on any atom is -0.355 e. The van der Waals surface area contributed by atoms with Gasteiger partial charge >= 0.3 is 0 Å². The zero-order valence-corrected chi connectivity index (χ0v) is 11.8. The molecule has 1 rings (SSSR count). The van der Waals surface area contributed by atoms with Crippen LogP contribution >= 0.6 is 0 Å². The summed E-state index contributed by atoms with van der Waals surface area (Å²) in [5, 5.41) is 2.79. The fourth-order valence-corrected chi connectivity index (χ4v) is 1.81. The molecule has 3 heteroatoms. The number of nitrogens with two attached hydrogens (primary N) is 1. The molecule has 0 aliphatic rings. The molecular weight excluding hydrogens is 224 g/mol. The number of carbonyl (C=O) groups is 1. The number of aryl methyl sites for hydroxylation is 1. The molecule has 0 heterocycles. The zero-order chi connectivity index (χ0) is 13.8. The second-order valence-electron chi connectivity index (χ2n) is 5.71. The Balaban J connectivity index is 2.77. The van der Waals surface area contributed by atoms with E-state index in [4.69, 9.17) is 5.73 Å². The molecule has 0 radical (unpaired) electrons. The van der Waals surface area contributed by atoms with Crippen molar-refractivity contribution in [2.45, 2.75) is 39.5 Å². The first-order valence-corrected chi connectivity index (χ1v) is 6.41. The van der Waals surface area contributed by atoms with E-state index >= 15 is 0 Å². The summed E-state index contributed by atoms with van der Waals surface area (Å²) in [6.07, 6.45) is 0.427. The van der Waals surface area contributed by atoms with E-state index in [9.17, 15) is 4.79 Å². The van der Waals surface area contributed by atoms with Crippen molar-refractivity contribution < 1.29 is 4.79 Å². The van der Waals surface area contributed by atoms with Gasteiger partial charge in [-0.05, 0) is 29.0 Å². The van der Waals surface area contributed by atoms with E-state index in [-0.39, 0.29) is 11.3 Å². The van der Waals surface area contributed by atoms with Gasteiger partial charge in [0.15, 0.2) is 0 Å². The first kappa shape index (κ1) is 14.7. The number of amides is 1. The van der Waals surface area contributed by atoms with Crippen molar-refractivity contribution in [1.82, 2.24) is 5.32 Å². The Morgan fingerprint density at radius 2 is 2.00 bits per heavy atom. The van der Waals surface area contributed by atoms with Gasteiger partial charge < -0.3 is 11.1 Å². The molecule has 0 aromatic heterocycles. The third-order valence-corrected chi connectivity index (χ3v) is 3.03. The van der Waals surface area contributed by atoms with Crippen LogP contribution in [0.2, 0.25) is 0 Å². The van der Waals surface area contributed by atoms with E-state index in [1.54, 1.807) is 0 Å². The van der Waals surface area contributed by atoms with Crippen LogP contribution in [0, 0.1) is 6.92 Å².